The van der Waals surface area contributed by atoms with E-state index in [0.717, 1.165) is 11.5 Å². The normalized spacial score (nSPS) is 18.8. The van der Waals surface area contributed by atoms with Gasteiger partial charge in [0.25, 0.3) is 5.91 Å². The summed E-state index contributed by atoms with van der Waals surface area (Å²) in [4.78, 5) is 14.4. The van der Waals surface area contributed by atoms with Crippen LogP contribution in [0, 0.1) is 0 Å². The second-order valence-electron chi connectivity index (χ2n) is 4.22. The van der Waals surface area contributed by atoms with Gasteiger partial charge in [-0.3, -0.25) is 4.79 Å². The molecule has 0 unspecified atom stereocenters. The maximum absolute atomic E-state index is 12.6. The summed E-state index contributed by atoms with van der Waals surface area (Å²) in [5.74, 6) is 1.67. The zero-order valence-electron chi connectivity index (χ0n) is 10.1. The van der Waals surface area contributed by atoms with Crippen LogP contribution in [0.1, 0.15) is 21.5 Å². The van der Waals surface area contributed by atoms with Gasteiger partial charge in [0.15, 0.2) is 0 Å². The largest absolute Gasteiger partial charge is 0.466 e. The average molecular weight is 294 g/mol. The molecule has 1 saturated heterocycles. The fourth-order valence-electron chi connectivity index (χ4n) is 2.13. The summed E-state index contributed by atoms with van der Waals surface area (Å²) in [6.07, 6.45) is 1.63. The minimum atomic E-state index is -0.0567. The molecule has 2 aromatic rings. The first-order chi connectivity index (χ1) is 9.27. The summed E-state index contributed by atoms with van der Waals surface area (Å²) >= 11 is 7.80. The molecule has 1 amide bonds. The molecule has 1 atom stereocenters. The van der Waals surface area contributed by atoms with Crippen molar-refractivity contribution in [3.63, 3.8) is 0 Å². The Balaban J connectivity index is 1.89. The third-order valence-electron chi connectivity index (χ3n) is 3.04. The lowest BCUT2D eigenvalue weighted by Gasteiger charge is -2.22. The minimum Gasteiger partial charge on any atom is -0.466 e. The molecule has 0 aliphatic carbocycles. The molecule has 1 aliphatic rings. The van der Waals surface area contributed by atoms with Gasteiger partial charge in [-0.2, -0.15) is 0 Å². The average Bonchev–Trinajstić information content (AvgIpc) is 3.09. The first kappa shape index (κ1) is 12.6. The van der Waals surface area contributed by atoms with E-state index in [4.69, 9.17) is 16.0 Å². The van der Waals surface area contributed by atoms with Crippen molar-refractivity contribution < 1.29 is 9.21 Å². The number of nitrogens with zero attached hydrogens (tertiary/aromatic N) is 1. The molecule has 0 spiro atoms. The molecule has 3 rings (SSSR count). The van der Waals surface area contributed by atoms with Crippen LogP contribution in [0.15, 0.2) is 47.1 Å². The molecule has 0 saturated carbocycles. The molecule has 1 aromatic carbocycles. The first-order valence-electron chi connectivity index (χ1n) is 5.98. The molecule has 5 heteroatoms. The van der Waals surface area contributed by atoms with Gasteiger partial charge in [0.05, 0.1) is 16.8 Å². The van der Waals surface area contributed by atoms with E-state index in [-0.39, 0.29) is 11.3 Å². The molecule has 2 heterocycles. The van der Waals surface area contributed by atoms with Crippen LogP contribution in [-0.4, -0.2) is 23.1 Å². The number of halogens is 1. The molecule has 0 radical (unpaired) electrons. The van der Waals surface area contributed by atoms with Crippen LogP contribution in [-0.2, 0) is 0 Å². The molecular formula is C14H12ClNO2S. The van der Waals surface area contributed by atoms with E-state index in [1.807, 2.05) is 29.2 Å². The highest BCUT2D eigenvalue weighted by Gasteiger charge is 2.33. The number of thioether (sulfide) groups is 1. The number of benzene rings is 1. The summed E-state index contributed by atoms with van der Waals surface area (Å²) in [7, 11) is 0. The van der Waals surface area contributed by atoms with Gasteiger partial charge in [-0.15, -0.1) is 11.8 Å². The number of furan rings is 1. The van der Waals surface area contributed by atoms with Gasteiger partial charge in [0.1, 0.15) is 11.1 Å². The summed E-state index contributed by atoms with van der Waals surface area (Å²) in [6, 6.07) is 10.9. The van der Waals surface area contributed by atoms with E-state index in [1.165, 1.54) is 0 Å². The first-order valence-corrected chi connectivity index (χ1v) is 7.40. The van der Waals surface area contributed by atoms with Gasteiger partial charge in [-0.25, -0.2) is 0 Å². The Kier molecular flexibility index (Phi) is 3.53. The van der Waals surface area contributed by atoms with Crippen LogP contribution in [0.25, 0.3) is 0 Å². The Labute approximate surface area is 120 Å². The molecule has 98 valence electrons. The van der Waals surface area contributed by atoms with Crippen molar-refractivity contribution in [2.24, 2.45) is 0 Å². The van der Waals surface area contributed by atoms with Crippen molar-refractivity contribution in [2.75, 3.05) is 12.3 Å². The van der Waals surface area contributed by atoms with E-state index >= 15 is 0 Å². The van der Waals surface area contributed by atoms with Crippen LogP contribution < -0.4 is 0 Å². The van der Waals surface area contributed by atoms with Crippen molar-refractivity contribution in [3.05, 3.63) is 59.0 Å². The number of amides is 1. The third kappa shape index (κ3) is 2.38. The lowest BCUT2D eigenvalue weighted by atomic mass is 10.2. The fourth-order valence-corrected chi connectivity index (χ4v) is 3.56. The monoisotopic (exact) mass is 293 g/mol. The Morgan fingerprint density at radius 1 is 1.32 bits per heavy atom. The van der Waals surface area contributed by atoms with E-state index in [2.05, 4.69) is 0 Å². The summed E-state index contributed by atoms with van der Waals surface area (Å²) in [6.45, 7) is 0.708. The van der Waals surface area contributed by atoms with E-state index in [9.17, 15) is 4.79 Å². The van der Waals surface area contributed by atoms with Crippen molar-refractivity contribution in [2.45, 2.75) is 5.37 Å². The minimum absolute atomic E-state index is 0.0444. The number of carbonyl (C=O) groups excluding carboxylic acids is 1. The maximum Gasteiger partial charge on any atom is 0.256 e. The van der Waals surface area contributed by atoms with Crippen molar-refractivity contribution in [1.82, 2.24) is 4.90 Å². The highest BCUT2D eigenvalue weighted by Crippen LogP contribution is 2.39. The van der Waals surface area contributed by atoms with Gasteiger partial charge in [0.2, 0.25) is 0 Å². The molecule has 1 aliphatic heterocycles. The van der Waals surface area contributed by atoms with Crippen molar-refractivity contribution in [3.8, 4) is 0 Å². The SMILES string of the molecule is O=C(c1ccccc1Cl)N1CCS[C@@H]1c1ccco1. The predicted molar refractivity (Wildman–Crippen MR) is 76.4 cm³/mol. The molecule has 3 nitrogen and oxygen atoms in total. The van der Waals surface area contributed by atoms with E-state index in [1.54, 1.807) is 30.2 Å². The van der Waals surface area contributed by atoms with Crippen LogP contribution >= 0.6 is 23.4 Å². The summed E-state index contributed by atoms with van der Waals surface area (Å²) < 4.78 is 5.42. The number of carbonyl (C=O) groups is 1. The Hall–Kier alpha value is -1.39. The molecular weight excluding hydrogens is 282 g/mol. The number of hydrogen-bond acceptors (Lipinski definition) is 3. The lowest BCUT2D eigenvalue weighted by Crippen LogP contribution is -2.30. The highest BCUT2D eigenvalue weighted by atomic mass is 35.5. The van der Waals surface area contributed by atoms with Crippen LogP contribution in [0.3, 0.4) is 0 Å². The topological polar surface area (TPSA) is 33.5 Å². The Bertz CT molecular complexity index is 585. The number of rotatable bonds is 2. The second-order valence-corrected chi connectivity index (χ2v) is 5.81. The highest BCUT2D eigenvalue weighted by molar-refractivity contribution is 7.99. The molecule has 19 heavy (non-hydrogen) atoms. The maximum atomic E-state index is 12.6. The zero-order valence-corrected chi connectivity index (χ0v) is 11.7. The summed E-state index contributed by atoms with van der Waals surface area (Å²) in [5, 5.41) is 0.432. The molecule has 1 fully saturated rings. The molecule has 0 N–H and O–H groups in total. The fraction of sp³-hybridized carbons (Fsp3) is 0.214. The smallest absolute Gasteiger partial charge is 0.256 e. The Morgan fingerprint density at radius 2 is 2.16 bits per heavy atom. The Morgan fingerprint density at radius 3 is 2.89 bits per heavy atom. The standard InChI is InChI=1S/C14H12ClNO2S/c15-11-5-2-1-4-10(11)13(17)16-7-9-19-14(16)12-6-3-8-18-12/h1-6,8,14H,7,9H2/t14-/m1/s1. The van der Waals surface area contributed by atoms with Crippen molar-refractivity contribution >= 4 is 29.3 Å². The molecule has 1 aromatic heterocycles. The van der Waals surface area contributed by atoms with Crippen LogP contribution in [0.5, 0.6) is 0 Å². The number of hydrogen-bond donors (Lipinski definition) is 0. The van der Waals surface area contributed by atoms with Gasteiger partial charge in [0, 0.05) is 12.3 Å². The van der Waals surface area contributed by atoms with Gasteiger partial charge in [-0.05, 0) is 24.3 Å². The lowest BCUT2D eigenvalue weighted by molar-refractivity contribution is 0.0749. The predicted octanol–water partition coefficient (Wildman–Crippen LogP) is 3.82. The quantitative estimate of drug-likeness (QED) is 0.844. The van der Waals surface area contributed by atoms with E-state index in [0.29, 0.717) is 17.1 Å². The van der Waals surface area contributed by atoms with E-state index < -0.39 is 0 Å². The van der Waals surface area contributed by atoms with Crippen LogP contribution in [0.2, 0.25) is 5.02 Å². The zero-order chi connectivity index (χ0) is 13.2. The second kappa shape index (κ2) is 5.31. The van der Waals surface area contributed by atoms with Crippen LogP contribution in [0.4, 0.5) is 0 Å². The van der Waals surface area contributed by atoms with Crippen molar-refractivity contribution in [1.29, 1.82) is 0 Å². The van der Waals surface area contributed by atoms with Gasteiger partial charge < -0.3 is 9.32 Å². The van der Waals surface area contributed by atoms with Gasteiger partial charge >= 0.3 is 0 Å². The summed E-state index contributed by atoms with van der Waals surface area (Å²) in [5.41, 5.74) is 0.545. The third-order valence-corrected chi connectivity index (χ3v) is 4.59. The molecule has 0 bridgehead atoms. The van der Waals surface area contributed by atoms with Gasteiger partial charge in [-0.1, -0.05) is 23.7 Å².